The molecule has 2 aromatic heterocycles. The molecular formula is C20H21Cl3N4O3S. The Morgan fingerprint density at radius 3 is 2.42 bits per heavy atom. The molecule has 0 saturated carbocycles. The van der Waals surface area contributed by atoms with Gasteiger partial charge in [0, 0.05) is 30.2 Å². The lowest BCUT2D eigenvalue weighted by Gasteiger charge is -2.22. The molecule has 1 N–H and O–H groups in total. The summed E-state index contributed by atoms with van der Waals surface area (Å²) < 4.78 is 8.38. The number of carbonyl (C=O) groups is 1. The highest BCUT2D eigenvalue weighted by Gasteiger charge is 2.15. The normalized spacial score (nSPS) is 10.2. The van der Waals surface area contributed by atoms with Crippen molar-refractivity contribution in [2.24, 2.45) is 0 Å². The molecule has 2 heterocycles. The molecule has 166 valence electrons. The summed E-state index contributed by atoms with van der Waals surface area (Å²) in [5.74, 6) is 0.365. The van der Waals surface area contributed by atoms with E-state index in [1.54, 1.807) is 47.6 Å². The monoisotopic (exact) mass is 502 g/mol. The number of nitrogens with zero attached hydrogens (tertiary/aromatic N) is 4. The molecule has 1 amide bonds. The number of rotatable bonds is 6. The van der Waals surface area contributed by atoms with Crippen LogP contribution in [0.5, 0.6) is 5.75 Å². The van der Waals surface area contributed by atoms with Crippen LogP contribution in [-0.2, 0) is 0 Å². The molecule has 3 rings (SSSR count). The molecule has 11 heteroatoms. The summed E-state index contributed by atoms with van der Waals surface area (Å²) in [4.78, 5) is 17.9. The van der Waals surface area contributed by atoms with Crippen LogP contribution in [0.1, 0.15) is 13.3 Å². The summed E-state index contributed by atoms with van der Waals surface area (Å²) in [6.45, 7) is 3.28. The molecule has 0 aliphatic carbocycles. The van der Waals surface area contributed by atoms with Gasteiger partial charge in [0.25, 0.3) is 0 Å². The van der Waals surface area contributed by atoms with Crippen molar-refractivity contribution in [2.75, 3.05) is 19.7 Å². The Labute approximate surface area is 200 Å². The third kappa shape index (κ3) is 7.74. The van der Waals surface area contributed by atoms with Gasteiger partial charge in [0.05, 0.1) is 16.6 Å². The van der Waals surface area contributed by atoms with Gasteiger partial charge in [-0.1, -0.05) is 60.0 Å². The van der Waals surface area contributed by atoms with Crippen LogP contribution in [0.2, 0.25) is 15.1 Å². The van der Waals surface area contributed by atoms with Gasteiger partial charge in [-0.05, 0) is 30.7 Å². The minimum absolute atomic E-state index is 0.152. The molecule has 0 aliphatic rings. The summed E-state index contributed by atoms with van der Waals surface area (Å²) >= 11 is 22.7. The zero-order chi connectivity index (χ0) is 22.8. The quantitative estimate of drug-likeness (QED) is 0.327. The van der Waals surface area contributed by atoms with E-state index in [-0.39, 0.29) is 12.6 Å². The van der Waals surface area contributed by atoms with Crippen LogP contribution in [0.3, 0.4) is 0 Å². The number of aromatic nitrogens is 3. The molecular weight excluding hydrogens is 483 g/mol. The molecule has 0 fully saturated rings. The minimum Gasteiger partial charge on any atom is -0.489 e. The van der Waals surface area contributed by atoms with E-state index in [0.717, 1.165) is 11.2 Å². The third-order valence-electron chi connectivity index (χ3n) is 3.86. The van der Waals surface area contributed by atoms with Crippen molar-refractivity contribution < 1.29 is 14.7 Å². The van der Waals surface area contributed by atoms with Crippen LogP contribution in [0.4, 0.5) is 4.79 Å². The van der Waals surface area contributed by atoms with Crippen LogP contribution < -0.4 is 4.74 Å². The highest BCUT2D eigenvalue weighted by molar-refractivity contribution is 7.71. The van der Waals surface area contributed by atoms with Crippen molar-refractivity contribution in [1.82, 2.24) is 19.2 Å². The minimum atomic E-state index is -0.152. The second kappa shape index (κ2) is 12.6. The maximum absolute atomic E-state index is 12.3. The Morgan fingerprint density at radius 2 is 1.90 bits per heavy atom. The first kappa shape index (κ1) is 25.0. The zero-order valence-electron chi connectivity index (χ0n) is 16.6. The summed E-state index contributed by atoms with van der Waals surface area (Å²) in [6.07, 6.45) is 6.97. The zero-order valence-corrected chi connectivity index (χ0v) is 19.7. The maximum Gasteiger partial charge on any atom is 0.329 e. The summed E-state index contributed by atoms with van der Waals surface area (Å²) in [5.41, 5.74) is 0. The van der Waals surface area contributed by atoms with Crippen LogP contribution in [0, 0.1) is 4.64 Å². The Balaban J connectivity index is 0.000000357. The summed E-state index contributed by atoms with van der Waals surface area (Å²) in [7, 11) is 0. The van der Waals surface area contributed by atoms with E-state index in [9.17, 15) is 4.79 Å². The standard InChI is InChI=1S/C15H16Cl3N3O2.C5H5NOS/c1-2-4-20(15(22)21-5-3-19-10-21)6-7-23-14-12(17)8-11(16)9-13(14)18;7-6-4-2-1-3-5(6)8/h3,5,8-10H,2,4,6-7H2,1H3;1-4,7H. The largest absolute Gasteiger partial charge is 0.489 e. The van der Waals surface area contributed by atoms with Gasteiger partial charge in [-0.3, -0.25) is 4.57 Å². The first-order valence-electron chi connectivity index (χ1n) is 9.25. The van der Waals surface area contributed by atoms with Crippen molar-refractivity contribution >= 4 is 53.1 Å². The SMILES string of the molecule is CCCN(CCOc1c(Cl)cc(Cl)cc1Cl)C(=O)n1ccnc1.On1ccccc1=S. The molecule has 7 nitrogen and oxygen atoms in total. The topological polar surface area (TPSA) is 72.5 Å². The van der Waals surface area contributed by atoms with Crippen LogP contribution in [0.25, 0.3) is 0 Å². The molecule has 0 spiro atoms. The van der Waals surface area contributed by atoms with Crippen molar-refractivity contribution in [2.45, 2.75) is 13.3 Å². The van der Waals surface area contributed by atoms with E-state index in [2.05, 4.69) is 17.2 Å². The summed E-state index contributed by atoms with van der Waals surface area (Å²) in [6, 6.07) is 8.09. The fourth-order valence-electron chi connectivity index (χ4n) is 2.45. The Hall–Kier alpha value is -2.26. The first-order valence-corrected chi connectivity index (χ1v) is 10.8. The molecule has 3 aromatic rings. The molecule has 31 heavy (non-hydrogen) atoms. The predicted octanol–water partition coefficient (Wildman–Crippen LogP) is 6.06. The number of carbonyl (C=O) groups excluding carboxylic acids is 1. The van der Waals surface area contributed by atoms with Gasteiger partial charge in [-0.25, -0.2) is 9.78 Å². The van der Waals surface area contributed by atoms with E-state index in [4.69, 9.17) is 44.7 Å². The Bertz CT molecular complexity index is 1020. The number of pyridine rings is 1. The molecule has 0 unspecified atom stereocenters. The number of ether oxygens (including phenoxy) is 1. The average Bonchev–Trinajstić information content (AvgIpc) is 3.26. The van der Waals surface area contributed by atoms with Crippen LogP contribution in [0.15, 0.2) is 55.2 Å². The lowest BCUT2D eigenvalue weighted by Crippen LogP contribution is -2.37. The number of amides is 1. The number of hydrogen-bond donors (Lipinski definition) is 1. The number of benzene rings is 1. The average molecular weight is 504 g/mol. The van der Waals surface area contributed by atoms with Gasteiger partial charge in [0.15, 0.2) is 5.75 Å². The van der Waals surface area contributed by atoms with Gasteiger partial charge in [-0.2, -0.15) is 4.73 Å². The van der Waals surface area contributed by atoms with Crippen LogP contribution in [-0.4, -0.2) is 50.1 Å². The van der Waals surface area contributed by atoms with Gasteiger partial charge in [0.1, 0.15) is 17.6 Å². The molecule has 0 bridgehead atoms. The molecule has 0 atom stereocenters. The summed E-state index contributed by atoms with van der Waals surface area (Å²) in [5, 5.41) is 9.85. The van der Waals surface area contributed by atoms with E-state index in [1.165, 1.54) is 17.1 Å². The number of halogens is 3. The van der Waals surface area contributed by atoms with Gasteiger partial charge in [-0.15, -0.1) is 0 Å². The number of imidazole rings is 1. The lowest BCUT2D eigenvalue weighted by atomic mass is 10.3. The third-order valence-corrected chi connectivity index (χ3v) is 4.97. The fourth-order valence-corrected chi connectivity index (χ4v) is 3.52. The lowest BCUT2D eigenvalue weighted by molar-refractivity contribution is 0.180. The number of hydrogen-bond acceptors (Lipinski definition) is 5. The van der Waals surface area contributed by atoms with E-state index >= 15 is 0 Å². The smallest absolute Gasteiger partial charge is 0.329 e. The second-order valence-corrected chi connectivity index (χ2v) is 7.84. The van der Waals surface area contributed by atoms with Crippen LogP contribution >= 0.6 is 47.0 Å². The first-order chi connectivity index (χ1) is 14.8. The Kier molecular flexibility index (Phi) is 10.1. The highest BCUT2D eigenvalue weighted by atomic mass is 35.5. The van der Waals surface area contributed by atoms with Gasteiger partial charge in [0.2, 0.25) is 0 Å². The van der Waals surface area contributed by atoms with E-state index in [0.29, 0.717) is 38.5 Å². The molecule has 0 aliphatic heterocycles. The highest BCUT2D eigenvalue weighted by Crippen LogP contribution is 2.35. The van der Waals surface area contributed by atoms with E-state index < -0.39 is 0 Å². The predicted molar refractivity (Wildman–Crippen MR) is 124 cm³/mol. The van der Waals surface area contributed by atoms with Crippen molar-refractivity contribution in [3.8, 4) is 5.75 Å². The molecule has 0 saturated heterocycles. The van der Waals surface area contributed by atoms with Gasteiger partial charge >= 0.3 is 6.03 Å². The maximum atomic E-state index is 12.3. The second-order valence-electron chi connectivity index (χ2n) is 6.17. The molecule has 1 aromatic carbocycles. The van der Waals surface area contributed by atoms with Crippen molar-refractivity contribution in [3.05, 3.63) is 75.0 Å². The fraction of sp³-hybridized carbons (Fsp3) is 0.250. The van der Waals surface area contributed by atoms with E-state index in [1.807, 2.05) is 6.92 Å². The van der Waals surface area contributed by atoms with Gasteiger partial charge < -0.3 is 14.8 Å². The van der Waals surface area contributed by atoms with Crippen molar-refractivity contribution in [3.63, 3.8) is 0 Å². The molecule has 0 radical (unpaired) electrons. The Morgan fingerprint density at radius 1 is 1.19 bits per heavy atom. The van der Waals surface area contributed by atoms with Crippen molar-refractivity contribution in [1.29, 1.82) is 0 Å².